The van der Waals surface area contributed by atoms with Gasteiger partial charge in [0.05, 0.1) is 18.8 Å². The van der Waals surface area contributed by atoms with Gasteiger partial charge in [-0.25, -0.2) is 0 Å². The molecule has 1 aliphatic heterocycles. The largest absolute Gasteiger partial charge is 0.497 e. The third-order valence-electron chi connectivity index (χ3n) is 7.75. The van der Waals surface area contributed by atoms with Gasteiger partial charge < -0.3 is 15.0 Å². The van der Waals surface area contributed by atoms with Gasteiger partial charge >= 0.3 is 0 Å². The lowest BCUT2D eigenvalue weighted by Gasteiger charge is -2.36. The first-order valence-corrected chi connectivity index (χ1v) is 13.4. The van der Waals surface area contributed by atoms with E-state index in [-0.39, 0.29) is 24.4 Å². The predicted molar refractivity (Wildman–Crippen MR) is 156 cm³/mol. The Morgan fingerprint density at radius 3 is 2.47 bits per heavy atom. The number of methoxy groups -OCH3 is 1. The van der Waals surface area contributed by atoms with E-state index in [1.165, 1.54) is 19.4 Å². The van der Waals surface area contributed by atoms with Crippen LogP contribution in [0.4, 0.5) is 5.69 Å². The van der Waals surface area contributed by atoms with Crippen LogP contribution in [0.5, 0.6) is 5.75 Å². The van der Waals surface area contributed by atoms with Crippen LogP contribution in [0.2, 0.25) is 0 Å². The summed E-state index contributed by atoms with van der Waals surface area (Å²) in [6, 6.07) is 12.2. The highest BCUT2D eigenvalue weighted by molar-refractivity contribution is 5.97. The first kappa shape index (κ1) is 28.0. The number of carbonyl (C=O) groups excluding carboxylic acids is 1. The number of piperazine rings is 1. The molecule has 204 valence electrons. The number of amides is 1. The van der Waals surface area contributed by atoms with Crippen molar-refractivity contribution in [3.05, 3.63) is 65.0 Å². The van der Waals surface area contributed by atoms with Crippen LogP contribution in [0.3, 0.4) is 0 Å². The molecule has 1 saturated heterocycles. The molecule has 2 aromatic carbocycles. The van der Waals surface area contributed by atoms with E-state index >= 15 is 0 Å². The molecule has 0 bridgehead atoms. The molecule has 8 heteroatoms. The molecule has 2 fully saturated rings. The van der Waals surface area contributed by atoms with Crippen LogP contribution < -0.4 is 15.0 Å². The standard InChI is InChI=1S/C30H39N5O2.ClH/c1-20-6-9-26(35-12-10-34(11-13-35)18-23-7-8-23)17-28(20)30(36)31-21(2)24-14-25(16-27(15-24)37-5)29-19-33(4)32-22(29)3;/h6,9,14-17,19,21,23H,7-8,10-13,18H2,1-5H3,(H,31,36);1H/t21-;/m1./s1. The lowest BCUT2D eigenvalue weighted by molar-refractivity contribution is 0.0939. The normalized spacial score (nSPS) is 16.6. The third kappa shape index (κ3) is 6.33. The Bertz CT molecular complexity index is 1280. The van der Waals surface area contributed by atoms with Gasteiger partial charge in [-0.15, -0.1) is 12.4 Å². The maximum absolute atomic E-state index is 13.4. The molecule has 2 heterocycles. The van der Waals surface area contributed by atoms with Crippen molar-refractivity contribution in [2.75, 3.05) is 44.7 Å². The van der Waals surface area contributed by atoms with Gasteiger partial charge in [-0.2, -0.15) is 5.10 Å². The van der Waals surface area contributed by atoms with E-state index in [4.69, 9.17) is 4.74 Å². The molecule has 1 saturated carbocycles. The van der Waals surface area contributed by atoms with E-state index in [0.717, 1.165) is 77.0 Å². The quantitative estimate of drug-likeness (QED) is 0.430. The minimum Gasteiger partial charge on any atom is -0.497 e. The van der Waals surface area contributed by atoms with Crippen LogP contribution in [-0.4, -0.2) is 60.4 Å². The van der Waals surface area contributed by atoms with Gasteiger partial charge in [-0.1, -0.05) is 6.07 Å². The average molecular weight is 538 g/mol. The molecule has 1 N–H and O–H groups in total. The molecular weight excluding hydrogens is 498 g/mol. The van der Waals surface area contributed by atoms with Crippen LogP contribution in [0.15, 0.2) is 42.6 Å². The number of hydrogen-bond donors (Lipinski definition) is 1. The zero-order chi connectivity index (χ0) is 26.1. The van der Waals surface area contributed by atoms with E-state index < -0.39 is 0 Å². The highest BCUT2D eigenvalue weighted by atomic mass is 35.5. The summed E-state index contributed by atoms with van der Waals surface area (Å²) >= 11 is 0. The zero-order valence-electron chi connectivity index (χ0n) is 23.2. The molecule has 0 unspecified atom stereocenters. The molecule has 5 rings (SSSR count). The summed E-state index contributed by atoms with van der Waals surface area (Å²) in [5.74, 6) is 1.63. The van der Waals surface area contributed by atoms with Crippen molar-refractivity contribution >= 4 is 24.0 Å². The molecule has 38 heavy (non-hydrogen) atoms. The number of benzene rings is 2. The van der Waals surface area contributed by atoms with Gasteiger partial charge in [0.25, 0.3) is 5.91 Å². The minimum atomic E-state index is -0.188. The molecule has 2 aliphatic rings. The van der Waals surface area contributed by atoms with Crippen LogP contribution in [0.1, 0.15) is 53.0 Å². The molecule has 1 atom stereocenters. The predicted octanol–water partition coefficient (Wildman–Crippen LogP) is 5.16. The van der Waals surface area contributed by atoms with Crippen molar-refractivity contribution in [2.24, 2.45) is 13.0 Å². The van der Waals surface area contributed by atoms with Crippen molar-refractivity contribution in [1.82, 2.24) is 20.0 Å². The van der Waals surface area contributed by atoms with Crippen molar-refractivity contribution in [2.45, 2.75) is 39.7 Å². The molecule has 3 aromatic rings. The van der Waals surface area contributed by atoms with Gasteiger partial charge in [-0.3, -0.25) is 14.4 Å². The van der Waals surface area contributed by atoms with Crippen molar-refractivity contribution in [1.29, 1.82) is 0 Å². The van der Waals surface area contributed by atoms with E-state index in [1.54, 1.807) is 7.11 Å². The third-order valence-corrected chi connectivity index (χ3v) is 7.75. The first-order chi connectivity index (χ1) is 17.8. The summed E-state index contributed by atoms with van der Waals surface area (Å²) in [6.45, 7) is 11.5. The molecule has 1 aromatic heterocycles. The smallest absolute Gasteiger partial charge is 0.252 e. The van der Waals surface area contributed by atoms with Crippen LogP contribution in [0, 0.1) is 19.8 Å². The van der Waals surface area contributed by atoms with Gasteiger partial charge in [0.1, 0.15) is 5.75 Å². The van der Waals surface area contributed by atoms with E-state index in [2.05, 4.69) is 44.5 Å². The number of halogens is 1. The molecule has 0 radical (unpaired) electrons. The van der Waals surface area contributed by atoms with Crippen LogP contribution in [-0.2, 0) is 7.05 Å². The molecular formula is C30H40ClN5O2. The molecule has 0 spiro atoms. The second kappa shape index (κ2) is 11.8. The SMILES string of the molecule is COc1cc(-c2cn(C)nc2C)cc([C@@H](C)NC(=O)c2cc(N3CCN(CC4CC4)CC3)ccc2C)c1.Cl. The maximum atomic E-state index is 13.4. The average Bonchev–Trinajstić information content (AvgIpc) is 3.64. The van der Waals surface area contributed by atoms with Crippen molar-refractivity contribution in [3.8, 4) is 16.9 Å². The number of hydrogen-bond acceptors (Lipinski definition) is 5. The topological polar surface area (TPSA) is 62.6 Å². The number of aryl methyl sites for hydroxylation is 3. The fourth-order valence-electron chi connectivity index (χ4n) is 5.29. The van der Waals surface area contributed by atoms with E-state index in [0.29, 0.717) is 0 Å². The molecule has 7 nitrogen and oxygen atoms in total. The summed E-state index contributed by atoms with van der Waals surface area (Å²) in [7, 11) is 3.59. The highest BCUT2D eigenvalue weighted by Gasteiger charge is 2.27. The number of carbonyl (C=O) groups is 1. The summed E-state index contributed by atoms with van der Waals surface area (Å²) in [5, 5.41) is 7.71. The highest BCUT2D eigenvalue weighted by Crippen LogP contribution is 2.32. The first-order valence-electron chi connectivity index (χ1n) is 13.4. The number of nitrogens with zero attached hydrogens (tertiary/aromatic N) is 4. The Hall–Kier alpha value is -3.03. The Morgan fingerprint density at radius 1 is 1.11 bits per heavy atom. The van der Waals surface area contributed by atoms with Gasteiger partial charge in [-0.05, 0) is 86.6 Å². The Labute approximate surface area is 232 Å². The number of ether oxygens (including phenoxy) is 1. The number of anilines is 1. The Morgan fingerprint density at radius 2 is 1.84 bits per heavy atom. The zero-order valence-corrected chi connectivity index (χ0v) is 24.0. The number of nitrogens with one attached hydrogen (secondary N) is 1. The van der Waals surface area contributed by atoms with Crippen molar-refractivity contribution < 1.29 is 9.53 Å². The summed E-state index contributed by atoms with van der Waals surface area (Å²) in [4.78, 5) is 18.4. The summed E-state index contributed by atoms with van der Waals surface area (Å²) in [6.07, 6.45) is 4.81. The van der Waals surface area contributed by atoms with Crippen LogP contribution >= 0.6 is 12.4 Å². The van der Waals surface area contributed by atoms with Gasteiger partial charge in [0.15, 0.2) is 0 Å². The second-order valence-electron chi connectivity index (χ2n) is 10.7. The summed E-state index contributed by atoms with van der Waals surface area (Å²) in [5.41, 5.74) is 6.88. The second-order valence-corrected chi connectivity index (χ2v) is 10.7. The molecule has 1 amide bonds. The van der Waals surface area contributed by atoms with Crippen LogP contribution in [0.25, 0.3) is 11.1 Å². The monoisotopic (exact) mass is 537 g/mol. The maximum Gasteiger partial charge on any atom is 0.252 e. The lowest BCUT2D eigenvalue weighted by atomic mass is 9.99. The number of aromatic nitrogens is 2. The fourth-order valence-corrected chi connectivity index (χ4v) is 5.29. The lowest BCUT2D eigenvalue weighted by Crippen LogP contribution is -2.47. The fraction of sp³-hybridized carbons (Fsp3) is 0.467. The Balaban J connectivity index is 0.00000336. The minimum absolute atomic E-state index is 0. The Kier molecular flexibility index (Phi) is 8.68. The summed E-state index contributed by atoms with van der Waals surface area (Å²) < 4.78 is 7.41. The van der Waals surface area contributed by atoms with E-state index in [9.17, 15) is 4.79 Å². The number of rotatable bonds is 8. The molecule has 1 aliphatic carbocycles. The van der Waals surface area contributed by atoms with Crippen molar-refractivity contribution in [3.63, 3.8) is 0 Å². The van der Waals surface area contributed by atoms with Gasteiger partial charge in [0, 0.05) is 62.8 Å². The van der Waals surface area contributed by atoms with Gasteiger partial charge in [0.2, 0.25) is 0 Å². The van der Waals surface area contributed by atoms with E-state index in [1.807, 2.05) is 50.8 Å².